The molecular formula is C23H28N2O2S. The van der Waals surface area contributed by atoms with E-state index in [2.05, 4.69) is 17.2 Å². The fourth-order valence-corrected chi connectivity index (χ4v) is 6.94. The Hall–Kier alpha value is -1.88. The first-order valence-corrected chi connectivity index (χ1v) is 11.3. The molecule has 0 saturated heterocycles. The Bertz CT molecular complexity index is 851. The van der Waals surface area contributed by atoms with Gasteiger partial charge in [-0.15, -0.1) is 11.3 Å². The van der Waals surface area contributed by atoms with Crippen molar-refractivity contribution in [1.82, 2.24) is 10.3 Å². The topological polar surface area (TPSA) is 51.2 Å². The number of carbonyl (C=O) groups excluding carboxylic acids is 1. The van der Waals surface area contributed by atoms with E-state index in [1.54, 1.807) is 0 Å². The van der Waals surface area contributed by atoms with Gasteiger partial charge < -0.3 is 10.1 Å². The van der Waals surface area contributed by atoms with Crippen LogP contribution in [0.25, 0.3) is 0 Å². The number of aromatic nitrogens is 1. The standard InChI is InChI=1S/C23H28N2O2S/c1-14-3-5-19(6-4-14)27-13-20-24-15(2)21(28-20)22(26)25-23-10-16-7-17(11-23)9-18(8-16)12-23/h3-6,16-18H,7-13H2,1-2H3,(H,25,26). The molecule has 0 radical (unpaired) electrons. The SMILES string of the molecule is Cc1ccc(OCc2nc(C)c(C(=O)NC34CC5CC(CC(C5)C3)C4)s2)cc1. The van der Waals surface area contributed by atoms with Crippen molar-refractivity contribution in [1.29, 1.82) is 0 Å². The maximum atomic E-state index is 13.1. The molecule has 28 heavy (non-hydrogen) atoms. The lowest BCUT2D eigenvalue weighted by atomic mass is 9.53. The highest BCUT2D eigenvalue weighted by Crippen LogP contribution is 2.55. The second-order valence-electron chi connectivity index (χ2n) is 9.28. The van der Waals surface area contributed by atoms with Crippen LogP contribution >= 0.6 is 11.3 Å². The fraction of sp³-hybridized carbons (Fsp3) is 0.565. The van der Waals surface area contributed by atoms with E-state index in [1.807, 2.05) is 31.2 Å². The van der Waals surface area contributed by atoms with Crippen molar-refractivity contribution in [2.75, 3.05) is 0 Å². The van der Waals surface area contributed by atoms with Crippen LogP contribution in [0, 0.1) is 31.6 Å². The molecule has 4 bridgehead atoms. The first-order valence-electron chi connectivity index (χ1n) is 10.5. The van der Waals surface area contributed by atoms with E-state index >= 15 is 0 Å². The minimum Gasteiger partial charge on any atom is -0.486 e. The van der Waals surface area contributed by atoms with E-state index in [4.69, 9.17) is 4.74 Å². The van der Waals surface area contributed by atoms with E-state index < -0.39 is 0 Å². The fourth-order valence-electron chi connectivity index (χ4n) is 6.07. The van der Waals surface area contributed by atoms with Crippen LogP contribution in [0.2, 0.25) is 0 Å². The number of hydrogen-bond acceptors (Lipinski definition) is 4. The summed E-state index contributed by atoms with van der Waals surface area (Å²) in [5.41, 5.74) is 2.07. The quantitative estimate of drug-likeness (QED) is 0.770. The summed E-state index contributed by atoms with van der Waals surface area (Å²) in [4.78, 5) is 18.4. The molecule has 1 N–H and O–H groups in total. The molecule has 4 aliphatic carbocycles. The van der Waals surface area contributed by atoms with Gasteiger partial charge in [0.1, 0.15) is 22.2 Å². The number of aryl methyl sites for hydroxylation is 2. The lowest BCUT2D eigenvalue weighted by molar-refractivity contribution is -0.0166. The van der Waals surface area contributed by atoms with E-state index in [-0.39, 0.29) is 11.4 Å². The number of hydrogen-bond donors (Lipinski definition) is 1. The highest BCUT2D eigenvalue weighted by molar-refractivity contribution is 7.13. The lowest BCUT2D eigenvalue weighted by Crippen LogP contribution is -2.59. The molecule has 4 fully saturated rings. The maximum absolute atomic E-state index is 13.1. The highest BCUT2D eigenvalue weighted by Gasteiger charge is 2.51. The van der Waals surface area contributed by atoms with Gasteiger partial charge in [-0.3, -0.25) is 4.79 Å². The average molecular weight is 397 g/mol. The molecule has 2 aromatic rings. The molecule has 4 nitrogen and oxygen atoms in total. The van der Waals surface area contributed by atoms with Crippen LogP contribution in [-0.2, 0) is 6.61 Å². The van der Waals surface area contributed by atoms with Gasteiger partial charge >= 0.3 is 0 Å². The smallest absolute Gasteiger partial charge is 0.263 e. The number of ether oxygens (including phenoxy) is 1. The third-order valence-electron chi connectivity index (χ3n) is 6.85. The Morgan fingerprint density at radius 1 is 1.11 bits per heavy atom. The van der Waals surface area contributed by atoms with Gasteiger partial charge in [0.15, 0.2) is 0 Å². The van der Waals surface area contributed by atoms with Crippen molar-refractivity contribution < 1.29 is 9.53 Å². The predicted octanol–water partition coefficient (Wildman–Crippen LogP) is 5.04. The minimum absolute atomic E-state index is 0.0425. The van der Waals surface area contributed by atoms with Gasteiger partial charge in [0.05, 0.1) is 5.69 Å². The second-order valence-corrected chi connectivity index (χ2v) is 10.4. The Balaban J connectivity index is 1.26. The molecule has 1 aromatic heterocycles. The van der Waals surface area contributed by atoms with Crippen LogP contribution in [0.15, 0.2) is 24.3 Å². The van der Waals surface area contributed by atoms with Crippen molar-refractivity contribution in [2.24, 2.45) is 17.8 Å². The molecule has 4 saturated carbocycles. The Labute approximate surface area is 170 Å². The van der Waals surface area contributed by atoms with E-state index in [1.165, 1.54) is 55.4 Å². The molecule has 1 amide bonds. The van der Waals surface area contributed by atoms with Gasteiger partial charge in [0.25, 0.3) is 5.91 Å². The molecule has 1 heterocycles. The van der Waals surface area contributed by atoms with Crippen molar-refractivity contribution in [3.8, 4) is 5.75 Å². The Morgan fingerprint density at radius 2 is 1.71 bits per heavy atom. The van der Waals surface area contributed by atoms with Gasteiger partial charge in [-0.1, -0.05) is 17.7 Å². The number of carbonyl (C=O) groups is 1. The predicted molar refractivity (Wildman–Crippen MR) is 111 cm³/mol. The van der Waals surface area contributed by atoms with Crippen LogP contribution < -0.4 is 10.1 Å². The third-order valence-corrected chi connectivity index (χ3v) is 7.98. The highest BCUT2D eigenvalue weighted by atomic mass is 32.1. The van der Waals surface area contributed by atoms with E-state index in [0.29, 0.717) is 6.61 Å². The van der Waals surface area contributed by atoms with Crippen molar-refractivity contribution in [3.05, 3.63) is 45.4 Å². The van der Waals surface area contributed by atoms with Crippen molar-refractivity contribution in [3.63, 3.8) is 0 Å². The van der Waals surface area contributed by atoms with Gasteiger partial charge in [0.2, 0.25) is 0 Å². The zero-order valence-electron chi connectivity index (χ0n) is 16.7. The number of thiazole rings is 1. The lowest BCUT2D eigenvalue weighted by Gasteiger charge is -2.56. The number of benzene rings is 1. The molecule has 0 unspecified atom stereocenters. The second kappa shape index (κ2) is 6.87. The number of nitrogens with one attached hydrogen (secondary N) is 1. The van der Waals surface area contributed by atoms with Gasteiger partial charge in [-0.25, -0.2) is 4.98 Å². The van der Waals surface area contributed by atoms with E-state index in [9.17, 15) is 4.79 Å². The molecule has 4 aliphatic rings. The molecule has 0 atom stereocenters. The van der Waals surface area contributed by atoms with Crippen LogP contribution in [0.5, 0.6) is 5.75 Å². The molecule has 0 aliphatic heterocycles. The van der Waals surface area contributed by atoms with Gasteiger partial charge in [-0.05, 0) is 82.3 Å². The zero-order valence-corrected chi connectivity index (χ0v) is 17.5. The summed E-state index contributed by atoms with van der Waals surface area (Å²) in [5, 5.41) is 4.32. The summed E-state index contributed by atoms with van der Waals surface area (Å²) in [6.07, 6.45) is 7.67. The summed E-state index contributed by atoms with van der Waals surface area (Å²) >= 11 is 1.47. The van der Waals surface area contributed by atoms with Crippen molar-refractivity contribution in [2.45, 2.75) is 64.5 Å². The third kappa shape index (κ3) is 3.45. The summed E-state index contributed by atoms with van der Waals surface area (Å²) < 4.78 is 5.85. The number of nitrogens with zero attached hydrogens (tertiary/aromatic N) is 1. The van der Waals surface area contributed by atoms with Crippen LogP contribution in [0.1, 0.15) is 64.5 Å². The Morgan fingerprint density at radius 3 is 2.32 bits per heavy atom. The summed E-state index contributed by atoms with van der Waals surface area (Å²) in [6, 6.07) is 8.01. The first kappa shape index (κ1) is 18.2. The Kier molecular flexibility index (Phi) is 4.46. The normalized spacial score (nSPS) is 30.4. The molecule has 0 spiro atoms. The van der Waals surface area contributed by atoms with Crippen molar-refractivity contribution >= 4 is 17.2 Å². The summed E-state index contributed by atoms with van der Waals surface area (Å²) in [7, 11) is 0. The monoisotopic (exact) mass is 396 g/mol. The molecular weight excluding hydrogens is 368 g/mol. The van der Waals surface area contributed by atoms with Crippen LogP contribution in [-0.4, -0.2) is 16.4 Å². The number of rotatable bonds is 5. The molecule has 148 valence electrons. The van der Waals surface area contributed by atoms with Crippen LogP contribution in [0.3, 0.4) is 0 Å². The average Bonchev–Trinajstić information content (AvgIpc) is 3.00. The van der Waals surface area contributed by atoms with Crippen LogP contribution in [0.4, 0.5) is 0 Å². The molecule has 1 aromatic carbocycles. The number of amides is 1. The zero-order chi connectivity index (χ0) is 19.3. The minimum atomic E-state index is 0.0425. The largest absolute Gasteiger partial charge is 0.486 e. The summed E-state index contributed by atoms with van der Waals surface area (Å²) in [5.74, 6) is 3.38. The molecule has 6 rings (SSSR count). The molecule has 5 heteroatoms. The maximum Gasteiger partial charge on any atom is 0.263 e. The van der Waals surface area contributed by atoms with Gasteiger partial charge in [0, 0.05) is 5.54 Å². The summed E-state index contributed by atoms with van der Waals surface area (Å²) in [6.45, 7) is 4.39. The first-order chi connectivity index (χ1) is 13.5. The van der Waals surface area contributed by atoms with Gasteiger partial charge in [-0.2, -0.15) is 0 Å². The van der Waals surface area contributed by atoms with E-state index in [0.717, 1.165) is 39.1 Å².